The summed E-state index contributed by atoms with van der Waals surface area (Å²) in [4.78, 5) is 2.63. The van der Waals surface area contributed by atoms with Gasteiger partial charge in [-0.2, -0.15) is 0 Å². The van der Waals surface area contributed by atoms with Gasteiger partial charge in [0.15, 0.2) is 0 Å². The summed E-state index contributed by atoms with van der Waals surface area (Å²) < 4.78 is 0. The lowest BCUT2D eigenvalue weighted by atomic mass is 9.97. The van der Waals surface area contributed by atoms with Crippen molar-refractivity contribution in [3.8, 4) is 0 Å². The Kier molecular flexibility index (Phi) is 4.16. The third-order valence-corrected chi connectivity index (χ3v) is 4.60. The molecule has 0 spiro atoms. The van der Waals surface area contributed by atoms with Gasteiger partial charge in [0.1, 0.15) is 0 Å². The molecule has 3 heteroatoms. The molecule has 0 aliphatic carbocycles. The lowest BCUT2D eigenvalue weighted by Crippen LogP contribution is -2.46. The number of aliphatic hydroxyl groups is 1. The molecule has 2 aliphatic rings. The van der Waals surface area contributed by atoms with Crippen molar-refractivity contribution < 1.29 is 5.11 Å². The van der Waals surface area contributed by atoms with Gasteiger partial charge in [-0.25, -0.2) is 0 Å². The molecule has 3 unspecified atom stereocenters. The van der Waals surface area contributed by atoms with E-state index in [0.29, 0.717) is 12.6 Å². The third kappa shape index (κ3) is 3.16. The van der Waals surface area contributed by atoms with E-state index in [1.54, 1.807) is 0 Å². The normalized spacial score (nSPS) is 29.1. The van der Waals surface area contributed by atoms with Crippen molar-refractivity contribution in [1.29, 1.82) is 0 Å². The van der Waals surface area contributed by atoms with E-state index in [1.807, 2.05) is 30.3 Å². The molecule has 3 rings (SSSR count). The molecule has 0 bridgehead atoms. The maximum Gasteiger partial charge on any atom is 0.0914 e. The highest BCUT2D eigenvalue weighted by molar-refractivity contribution is 5.17. The Bertz CT molecular complexity index is 395. The molecule has 104 valence electrons. The van der Waals surface area contributed by atoms with Gasteiger partial charge in [-0.1, -0.05) is 30.3 Å². The van der Waals surface area contributed by atoms with Crippen LogP contribution >= 0.6 is 0 Å². The van der Waals surface area contributed by atoms with E-state index in [-0.39, 0.29) is 6.10 Å². The average Bonchev–Trinajstić information content (AvgIpc) is 2.93. The second kappa shape index (κ2) is 6.04. The van der Waals surface area contributed by atoms with Gasteiger partial charge in [-0.3, -0.25) is 0 Å². The van der Waals surface area contributed by atoms with Crippen molar-refractivity contribution in [3.05, 3.63) is 35.9 Å². The Morgan fingerprint density at radius 3 is 2.89 bits per heavy atom. The lowest BCUT2D eigenvalue weighted by molar-refractivity contribution is 0.138. The zero-order chi connectivity index (χ0) is 13.1. The highest BCUT2D eigenvalue weighted by Gasteiger charge is 2.31. The molecule has 0 amide bonds. The number of nitrogens with one attached hydrogen (secondary N) is 1. The second-order valence-corrected chi connectivity index (χ2v) is 5.89. The van der Waals surface area contributed by atoms with Crippen LogP contribution in [0.3, 0.4) is 0 Å². The minimum Gasteiger partial charge on any atom is -0.387 e. The summed E-state index contributed by atoms with van der Waals surface area (Å²) in [6, 6.07) is 11.3. The second-order valence-electron chi connectivity index (χ2n) is 5.89. The number of nitrogens with zero attached hydrogens (tertiary/aromatic N) is 1. The van der Waals surface area contributed by atoms with Crippen LogP contribution in [0, 0.1) is 0 Å². The van der Waals surface area contributed by atoms with Crippen LogP contribution < -0.4 is 5.32 Å². The van der Waals surface area contributed by atoms with Gasteiger partial charge < -0.3 is 15.3 Å². The average molecular weight is 260 g/mol. The summed E-state index contributed by atoms with van der Waals surface area (Å²) in [5, 5.41) is 13.7. The van der Waals surface area contributed by atoms with E-state index in [4.69, 9.17) is 0 Å². The molecule has 2 aliphatic heterocycles. The third-order valence-electron chi connectivity index (χ3n) is 4.60. The number of rotatable bonds is 4. The zero-order valence-electron chi connectivity index (χ0n) is 11.5. The number of fused-ring (bicyclic) bond motifs is 1. The maximum atomic E-state index is 10.2. The Hall–Kier alpha value is -0.900. The van der Waals surface area contributed by atoms with E-state index >= 15 is 0 Å². The van der Waals surface area contributed by atoms with E-state index in [0.717, 1.165) is 11.6 Å². The molecule has 0 aromatic heterocycles. The monoisotopic (exact) mass is 260 g/mol. The van der Waals surface area contributed by atoms with Crippen LogP contribution in [0.5, 0.6) is 0 Å². The van der Waals surface area contributed by atoms with E-state index in [1.165, 1.54) is 38.8 Å². The fourth-order valence-corrected chi connectivity index (χ4v) is 3.48. The van der Waals surface area contributed by atoms with Crippen molar-refractivity contribution in [1.82, 2.24) is 10.2 Å². The van der Waals surface area contributed by atoms with Gasteiger partial charge in [0, 0.05) is 18.6 Å². The molecule has 2 N–H and O–H groups in total. The van der Waals surface area contributed by atoms with Crippen LogP contribution in [0.1, 0.15) is 37.4 Å². The van der Waals surface area contributed by atoms with Crippen LogP contribution in [0.4, 0.5) is 0 Å². The van der Waals surface area contributed by atoms with Gasteiger partial charge in [-0.05, 0) is 44.3 Å². The van der Waals surface area contributed by atoms with Crippen molar-refractivity contribution >= 4 is 0 Å². The molecule has 0 saturated carbocycles. The van der Waals surface area contributed by atoms with E-state index in [9.17, 15) is 5.11 Å². The van der Waals surface area contributed by atoms with Crippen LogP contribution in [0.2, 0.25) is 0 Å². The highest BCUT2D eigenvalue weighted by atomic mass is 16.3. The van der Waals surface area contributed by atoms with Gasteiger partial charge in [0.05, 0.1) is 6.10 Å². The smallest absolute Gasteiger partial charge is 0.0914 e. The Labute approximate surface area is 115 Å². The predicted octanol–water partition coefficient (Wildman–Crippen LogP) is 1.94. The molecule has 3 nitrogen and oxygen atoms in total. The summed E-state index contributed by atoms with van der Waals surface area (Å²) in [5.74, 6) is 0. The first-order valence-corrected chi connectivity index (χ1v) is 7.53. The summed E-state index contributed by atoms with van der Waals surface area (Å²) in [5.41, 5.74) is 1.01. The summed E-state index contributed by atoms with van der Waals surface area (Å²) in [7, 11) is 0. The first kappa shape index (κ1) is 13.1. The number of aliphatic hydroxyl groups excluding tert-OH is 1. The Morgan fingerprint density at radius 1 is 1.21 bits per heavy atom. The molecule has 0 radical (unpaired) electrons. The van der Waals surface area contributed by atoms with E-state index < -0.39 is 0 Å². The fourth-order valence-electron chi connectivity index (χ4n) is 3.48. The van der Waals surface area contributed by atoms with Crippen LogP contribution in [-0.4, -0.2) is 41.7 Å². The Morgan fingerprint density at radius 2 is 2.05 bits per heavy atom. The quantitative estimate of drug-likeness (QED) is 0.868. The van der Waals surface area contributed by atoms with Crippen molar-refractivity contribution in [3.63, 3.8) is 0 Å². The van der Waals surface area contributed by atoms with Crippen molar-refractivity contribution in [2.24, 2.45) is 0 Å². The molecule has 1 aromatic carbocycles. The largest absolute Gasteiger partial charge is 0.387 e. The molecule has 2 fully saturated rings. The van der Waals surface area contributed by atoms with Crippen LogP contribution in [-0.2, 0) is 0 Å². The Balaban J connectivity index is 1.47. The SMILES string of the molecule is OC(CNC1CCN2CCCC2C1)c1ccccc1. The van der Waals surface area contributed by atoms with Crippen LogP contribution in [0.15, 0.2) is 30.3 Å². The maximum absolute atomic E-state index is 10.2. The number of benzene rings is 1. The minimum atomic E-state index is -0.386. The molecular formula is C16H24N2O. The topological polar surface area (TPSA) is 35.5 Å². The summed E-state index contributed by atoms with van der Waals surface area (Å²) in [6.07, 6.45) is 4.81. The van der Waals surface area contributed by atoms with Gasteiger partial charge in [0.25, 0.3) is 0 Å². The number of piperidine rings is 1. The molecule has 19 heavy (non-hydrogen) atoms. The van der Waals surface area contributed by atoms with Crippen molar-refractivity contribution in [2.45, 2.75) is 43.9 Å². The fraction of sp³-hybridized carbons (Fsp3) is 0.625. The van der Waals surface area contributed by atoms with E-state index in [2.05, 4.69) is 10.2 Å². The molecule has 2 heterocycles. The number of hydrogen-bond acceptors (Lipinski definition) is 3. The van der Waals surface area contributed by atoms with Crippen molar-refractivity contribution in [2.75, 3.05) is 19.6 Å². The standard InChI is InChI=1S/C16H24N2O/c19-16(13-5-2-1-3-6-13)12-17-14-8-10-18-9-4-7-15(18)11-14/h1-3,5-6,14-17,19H,4,7-12H2. The summed E-state index contributed by atoms with van der Waals surface area (Å²) >= 11 is 0. The van der Waals surface area contributed by atoms with Gasteiger partial charge in [-0.15, -0.1) is 0 Å². The predicted molar refractivity (Wildman–Crippen MR) is 77.0 cm³/mol. The first-order chi connectivity index (χ1) is 9.33. The number of hydrogen-bond donors (Lipinski definition) is 2. The minimum absolute atomic E-state index is 0.386. The lowest BCUT2D eigenvalue weighted by Gasteiger charge is -2.35. The highest BCUT2D eigenvalue weighted by Crippen LogP contribution is 2.27. The molecule has 2 saturated heterocycles. The summed E-state index contributed by atoms with van der Waals surface area (Å²) in [6.45, 7) is 3.19. The molecule has 3 atom stereocenters. The van der Waals surface area contributed by atoms with Crippen LogP contribution in [0.25, 0.3) is 0 Å². The molecule has 1 aromatic rings. The van der Waals surface area contributed by atoms with Gasteiger partial charge >= 0.3 is 0 Å². The zero-order valence-corrected chi connectivity index (χ0v) is 11.5. The molecular weight excluding hydrogens is 236 g/mol. The first-order valence-electron chi connectivity index (χ1n) is 7.53. The van der Waals surface area contributed by atoms with Gasteiger partial charge in [0.2, 0.25) is 0 Å².